The average Bonchev–Trinajstić information content (AvgIpc) is 2.86. The van der Waals surface area contributed by atoms with Gasteiger partial charge in [-0.1, -0.05) is 12.8 Å². The van der Waals surface area contributed by atoms with Crippen LogP contribution in [0.15, 0.2) is 18.3 Å². The number of nitrogens with zero attached hydrogens (tertiary/aromatic N) is 1. The van der Waals surface area contributed by atoms with Crippen molar-refractivity contribution in [3.05, 3.63) is 24.0 Å². The second-order valence-electron chi connectivity index (χ2n) is 4.93. The predicted molar refractivity (Wildman–Crippen MR) is 75.3 cm³/mol. The molecule has 1 aromatic rings. The maximum Gasteiger partial charge on any atom is 0.471 e. The summed E-state index contributed by atoms with van der Waals surface area (Å²) in [4.78, 5) is 22.3. The van der Waals surface area contributed by atoms with Crippen molar-refractivity contribution < 1.29 is 22.8 Å². The van der Waals surface area contributed by atoms with Gasteiger partial charge in [0.2, 0.25) is 0 Å². The normalized spacial score (nSPS) is 11.3. The van der Waals surface area contributed by atoms with Crippen molar-refractivity contribution in [1.82, 2.24) is 15.2 Å². The van der Waals surface area contributed by atoms with E-state index in [9.17, 15) is 22.8 Å². The molecule has 0 atom stereocenters. The van der Waals surface area contributed by atoms with Gasteiger partial charge < -0.3 is 15.2 Å². The first-order valence-corrected chi connectivity index (χ1v) is 7.07. The molecular formula is C14H20F3N3O2. The fraction of sp³-hybridized carbons (Fsp3) is 0.571. The van der Waals surface area contributed by atoms with Crippen molar-refractivity contribution in [2.24, 2.45) is 7.05 Å². The largest absolute Gasteiger partial charge is 0.471 e. The molecule has 0 aliphatic carbocycles. The van der Waals surface area contributed by atoms with Gasteiger partial charge in [-0.2, -0.15) is 13.2 Å². The number of amides is 2. The van der Waals surface area contributed by atoms with Gasteiger partial charge >= 0.3 is 12.1 Å². The fourth-order valence-electron chi connectivity index (χ4n) is 1.90. The Morgan fingerprint density at radius 2 is 1.68 bits per heavy atom. The topological polar surface area (TPSA) is 63.1 Å². The summed E-state index contributed by atoms with van der Waals surface area (Å²) < 4.78 is 37.4. The van der Waals surface area contributed by atoms with Crippen LogP contribution >= 0.6 is 0 Å². The summed E-state index contributed by atoms with van der Waals surface area (Å²) in [5.41, 5.74) is 0.579. The number of nitrogens with one attached hydrogen (secondary N) is 2. The van der Waals surface area contributed by atoms with E-state index in [1.165, 1.54) is 0 Å². The summed E-state index contributed by atoms with van der Waals surface area (Å²) >= 11 is 0. The van der Waals surface area contributed by atoms with E-state index >= 15 is 0 Å². The quantitative estimate of drug-likeness (QED) is 0.720. The molecule has 1 rings (SSSR count). The van der Waals surface area contributed by atoms with Crippen LogP contribution in [0.25, 0.3) is 0 Å². The number of unbranched alkanes of at least 4 members (excludes halogenated alkanes) is 3. The van der Waals surface area contributed by atoms with E-state index in [1.807, 2.05) is 5.32 Å². The maximum absolute atomic E-state index is 11.9. The number of carbonyl (C=O) groups excluding carboxylic acids is 2. The van der Waals surface area contributed by atoms with Crippen LogP contribution in [0.2, 0.25) is 0 Å². The average molecular weight is 319 g/mol. The van der Waals surface area contributed by atoms with Gasteiger partial charge in [-0.15, -0.1) is 0 Å². The molecule has 5 nitrogen and oxygen atoms in total. The zero-order chi connectivity index (χ0) is 16.6. The Hall–Kier alpha value is -1.99. The summed E-state index contributed by atoms with van der Waals surface area (Å²) in [7, 11) is 1.78. The van der Waals surface area contributed by atoms with E-state index < -0.39 is 12.1 Å². The van der Waals surface area contributed by atoms with Crippen LogP contribution < -0.4 is 10.6 Å². The zero-order valence-corrected chi connectivity index (χ0v) is 12.4. The highest BCUT2D eigenvalue weighted by atomic mass is 19.4. The third-order valence-corrected chi connectivity index (χ3v) is 3.11. The SMILES string of the molecule is Cn1cccc1C(=O)NCCCCCCNC(=O)C(F)(F)F. The summed E-state index contributed by atoms with van der Waals surface area (Å²) in [5, 5.41) is 4.60. The van der Waals surface area contributed by atoms with Gasteiger partial charge in [0, 0.05) is 26.3 Å². The second kappa shape index (κ2) is 8.45. The van der Waals surface area contributed by atoms with Gasteiger partial charge in [-0.3, -0.25) is 9.59 Å². The molecule has 2 amide bonds. The van der Waals surface area contributed by atoms with Crippen LogP contribution in [0.1, 0.15) is 36.2 Å². The molecule has 0 aliphatic heterocycles. The van der Waals surface area contributed by atoms with Crippen molar-refractivity contribution in [2.75, 3.05) is 13.1 Å². The summed E-state index contributed by atoms with van der Waals surface area (Å²) in [6.07, 6.45) is -0.351. The van der Waals surface area contributed by atoms with E-state index in [1.54, 1.807) is 29.9 Å². The first-order valence-electron chi connectivity index (χ1n) is 7.07. The van der Waals surface area contributed by atoms with Gasteiger partial charge in [-0.05, 0) is 25.0 Å². The summed E-state index contributed by atoms with van der Waals surface area (Å²) in [6.45, 7) is 0.521. The smallest absolute Gasteiger partial charge is 0.351 e. The summed E-state index contributed by atoms with van der Waals surface area (Å²) in [5.74, 6) is -2.05. The molecule has 22 heavy (non-hydrogen) atoms. The minimum atomic E-state index is -4.82. The molecular weight excluding hydrogens is 299 g/mol. The molecule has 0 saturated heterocycles. The minimum Gasteiger partial charge on any atom is -0.351 e. The molecule has 1 heterocycles. The van der Waals surface area contributed by atoms with E-state index in [2.05, 4.69) is 5.32 Å². The molecule has 0 aliphatic rings. The van der Waals surface area contributed by atoms with Crippen LogP contribution in [-0.2, 0) is 11.8 Å². The molecule has 0 bridgehead atoms. The predicted octanol–water partition coefficient (Wildman–Crippen LogP) is 1.99. The zero-order valence-electron chi connectivity index (χ0n) is 12.4. The van der Waals surface area contributed by atoms with Crippen LogP contribution in [-0.4, -0.2) is 35.6 Å². The molecule has 1 aromatic heterocycles. The van der Waals surface area contributed by atoms with Crippen molar-refractivity contribution in [1.29, 1.82) is 0 Å². The molecule has 0 fully saturated rings. The monoisotopic (exact) mass is 319 g/mol. The lowest BCUT2D eigenvalue weighted by Crippen LogP contribution is -2.37. The highest BCUT2D eigenvalue weighted by Gasteiger charge is 2.38. The Balaban J connectivity index is 2.01. The fourth-order valence-corrected chi connectivity index (χ4v) is 1.90. The van der Waals surface area contributed by atoms with Gasteiger partial charge in [0.1, 0.15) is 5.69 Å². The van der Waals surface area contributed by atoms with E-state index in [0.717, 1.165) is 12.8 Å². The lowest BCUT2D eigenvalue weighted by molar-refractivity contribution is -0.173. The first-order chi connectivity index (χ1) is 10.3. The summed E-state index contributed by atoms with van der Waals surface area (Å²) in [6, 6.07) is 3.50. The Kier molecular flexibility index (Phi) is 6.94. The lowest BCUT2D eigenvalue weighted by Gasteiger charge is -2.08. The number of aryl methyl sites for hydroxylation is 1. The number of halogens is 3. The van der Waals surface area contributed by atoms with Gasteiger partial charge in [0.05, 0.1) is 0 Å². The minimum absolute atomic E-state index is 0.00799. The van der Waals surface area contributed by atoms with Crippen LogP contribution in [0, 0.1) is 0 Å². The van der Waals surface area contributed by atoms with E-state index in [-0.39, 0.29) is 12.5 Å². The van der Waals surface area contributed by atoms with E-state index in [4.69, 9.17) is 0 Å². The third kappa shape index (κ3) is 6.19. The Morgan fingerprint density at radius 3 is 2.18 bits per heavy atom. The number of alkyl halides is 3. The maximum atomic E-state index is 11.9. The van der Waals surface area contributed by atoms with Crippen molar-refractivity contribution in [2.45, 2.75) is 31.9 Å². The first kappa shape index (κ1) is 18.1. The highest BCUT2D eigenvalue weighted by molar-refractivity contribution is 5.92. The molecule has 0 saturated carbocycles. The Labute approximate surface area is 126 Å². The second-order valence-corrected chi connectivity index (χ2v) is 4.93. The number of aromatic nitrogens is 1. The number of rotatable bonds is 8. The molecule has 0 spiro atoms. The standard InChI is InChI=1S/C14H20F3N3O2/c1-20-10-6-7-11(20)12(21)18-8-4-2-3-5-9-19-13(22)14(15,16)17/h6-7,10H,2-5,8-9H2,1H3,(H,18,21)(H,19,22). The van der Waals surface area contributed by atoms with Crippen molar-refractivity contribution >= 4 is 11.8 Å². The highest BCUT2D eigenvalue weighted by Crippen LogP contribution is 2.14. The van der Waals surface area contributed by atoms with Gasteiger partial charge in [0.15, 0.2) is 0 Å². The molecule has 2 N–H and O–H groups in total. The number of hydrogen-bond acceptors (Lipinski definition) is 2. The Morgan fingerprint density at radius 1 is 1.09 bits per heavy atom. The van der Waals surface area contributed by atoms with Crippen LogP contribution in [0.5, 0.6) is 0 Å². The molecule has 0 radical (unpaired) electrons. The third-order valence-electron chi connectivity index (χ3n) is 3.11. The molecule has 0 aromatic carbocycles. The molecule has 8 heteroatoms. The van der Waals surface area contributed by atoms with Crippen molar-refractivity contribution in [3.63, 3.8) is 0 Å². The molecule has 124 valence electrons. The van der Waals surface area contributed by atoms with E-state index in [0.29, 0.717) is 25.1 Å². The van der Waals surface area contributed by atoms with Gasteiger partial charge in [0.25, 0.3) is 5.91 Å². The van der Waals surface area contributed by atoms with Gasteiger partial charge in [-0.25, -0.2) is 0 Å². The Bertz CT molecular complexity index is 498. The lowest BCUT2D eigenvalue weighted by atomic mass is 10.2. The molecule has 0 unspecified atom stereocenters. The van der Waals surface area contributed by atoms with Crippen LogP contribution in [0.3, 0.4) is 0 Å². The number of hydrogen-bond donors (Lipinski definition) is 2. The number of carbonyl (C=O) groups is 2. The van der Waals surface area contributed by atoms with Crippen LogP contribution in [0.4, 0.5) is 13.2 Å². The van der Waals surface area contributed by atoms with Crippen molar-refractivity contribution in [3.8, 4) is 0 Å².